The van der Waals surface area contributed by atoms with E-state index in [9.17, 15) is 9.59 Å². The predicted octanol–water partition coefficient (Wildman–Crippen LogP) is 4.42. The van der Waals surface area contributed by atoms with Crippen LogP contribution in [0.15, 0.2) is 48.5 Å². The lowest BCUT2D eigenvalue weighted by atomic mass is 10.0. The molecule has 2 aliphatic heterocycles. The van der Waals surface area contributed by atoms with E-state index in [4.69, 9.17) is 11.6 Å². The third-order valence-corrected chi connectivity index (χ3v) is 6.41. The number of hydrogen-bond acceptors (Lipinski definition) is 3. The molecule has 30 heavy (non-hydrogen) atoms. The molecule has 0 aliphatic carbocycles. The number of carbonyl (C=O) groups excluding carboxylic acids is 2. The van der Waals surface area contributed by atoms with Crippen LogP contribution in [0.2, 0.25) is 5.02 Å². The molecular formula is C24H28ClN3O2. The maximum absolute atomic E-state index is 12.8. The van der Waals surface area contributed by atoms with Crippen LogP contribution < -0.4 is 10.2 Å². The molecular weight excluding hydrogens is 398 g/mol. The molecule has 2 aromatic rings. The van der Waals surface area contributed by atoms with Crippen molar-refractivity contribution in [3.63, 3.8) is 0 Å². The third kappa shape index (κ3) is 4.68. The molecule has 0 saturated carbocycles. The zero-order valence-electron chi connectivity index (χ0n) is 17.1. The Kier molecular flexibility index (Phi) is 6.70. The Morgan fingerprint density at radius 3 is 2.37 bits per heavy atom. The number of hydrogen-bond donors (Lipinski definition) is 1. The van der Waals surface area contributed by atoms with E-state index in [0.29, 0.717) is 18.5 Å². The number of anilines is 1. The molecule has 158 valence electrons. The summed E-state index contributed by atoms with van der Waals surface area (Å²) in [6.07, 6.45) is 4.92. The molecule has 2 saturated heterocycles. The highest BCUT2D eigenvalue weighted by Crippen LogP contribution is 2.30. The van der Waals surface area contributed by atoms with Crippen molar-refractivity contribution in [1.29, 1.82) is 0 Å². The zero-order valence-corrected chi connectivity index (χ0v) is 17.9. The maximum Gasteiger partial charge on any atom is 0.251 e. The van der Waals surface area contributed by atoms with E-state index in [1.165, 1.54) is 12.8 Å². The average Bonchev–Trinajstić information content (AvgIpc) is 3.30. The largest absolute Gasteiger partial charge is 0.350 e. The van der Waals surface area contributed by atoms with Gasteiger partial charge >= 0.3 is 0 Å². The number of nitrogens with one attached hydrogen (secondary N) is 1. The van der Waals surface area contributed by atoms with Crippen LogP contribution in [0, 0.1) is 0 Å². The highest BCUT2D eigenvalue weighted by Gasteiger charge is 2.26. The Morgan fingerprint density at radius 1 is 0.967 bits per heavy atom. The van der Waals surface area contributed by atoms with Crippen molar-refractivity contribution in [2.24, 2.45) is 0 Å². The Hall–Kier alpha value is -2.37. The topological polar surface area (TPSA) is 52.7 Å². The van der Waals surface area contributed by atoms with E-state index in [1.54, 1.807) is 12.1 Å². The van der Waals surface area contributed by atoms with E-state index < -0.39 is 0 Å². The van der Waals surface area contributed by atoms with Gasteiger partial charge in [0.05, 0.1) is 6.04 Å². The van der Waals surface area contributed by atoms with Crippen LogP contribution in [0.4, 0.5) is 5.69 Å². The van der Waals surface area contributed by atoms with E-state index in [0.717, 1.165) is 48.7 Å². The number of amides is 2. The van der Waals surface area contributed by atoms with Crippen LogP contribution in [0.1, 0.15) is 54.1 Å². The molecule has 2 aliphatic rings. The normalized spacial score (nSPS) is 18.4. The monoisotopic (exact) mass is 425 g/mol. The number of carbonyl (C=O) groups is 2. The van der Waals surface area contributed by atoms with Crippen LogP contribution >= 0.6 is 11.6 Å². The van der Waals surface area contributed by atoms with Gasteiger partial charge in [-0.1, -0.05) is 29.8 Å². The number of nitrogens with zero attached hydrogens (tertiary/aromatic N) is 2. The summed E-state index contributed by atoms with van der Waals surface area (Å²) in [5.74, 6) is 0.0504. The van der Waals surface area contributed by atoms with Crippen LogP contribution in [0.3, 0.4) is 0 Å². The molecule has 4 rings (SSSR count). The van der Waals surface area contributed by atoms with Crippen LogP contribution in [-0.2, 0) is 4.79 Å². The summed E-state index contributed by atoms with van der Waals surface area (Å²) in [7, 11) is 0. The van der Waals surface area contributed by atoms with Gasteiger partial charge in [-0.05, 0) is 74.7 Å². The van der Waals surface area contributed by atoms with Gasteiger partial charge in [-0.15, -0.1) is 0 Å². The lowest BCUT2D eigenvalue weighted by Gasteiger charge is -2.29. The minimum atomic E-state index is -0.109. The van der Waals surface area contributed by atoms with E-state index in [-0.39, 0.29) is 17.9 Å². The number of likely N-dealkylation sites (tertiary alicyclic amines) is 1. The molecule has 0 aromatic heterocycles. The molecule has 2 aromatic carbocycles. The zero-order chi connectivity index (χ0) is 20.9. The first-order chi connectivity index (χ1) is 14.6. The van der Waals surface area contributed by atoms with Crippen molar-refractivity contribution in [2.45, 2.75) is 38.1 Å². The van der Waals surface area contributed by atoms with E-state index in [1.807, 2.05) is 41.3 Å². The van der Waals surface area contributed by atoms with Gasteiger partial charge in [0.15, 0.2) is 0 Å². The first-order valence-corrected chi connectivity index (χ1v) is 11.2. The summed E-state index contributed by atoms with van der Waals surface area (Å²) >= 11 is 6.46. The van der Waals surface area contributed by atoms with Gasteiger partial charge in [-0.25, -0.2) is 0 Å². The molecule has 5 nitrogen and oxygen atoms in total. The molecule has 2 heterocycles. The number of rotatable bonds is 6. The predicted molar refractivity (Wildman–Crippen MR) is 120 cm³/mol. The van der Waals surface area contributed by atoms with E-state index >= 15 is 0 Å². The van der Waals surface area contributed by atoms with Crippen molar-refractivity contribution in [2.75, 3.05) is 31.1 Å². The summed E-state index contributed by atoms with van der Waals surface area (Å²) in [5, 5.41) is 3.83. The number of piperidine rings is 1. The van der Waals surface area contributed by atoms with Crippen LogP contribution in [-0.4, -0.2) is 42.9 Å². The molecule has 0 bridgehead atoms. The summed E-state index contributed by atoms with van der Waals surface area (Å²) in [6, 6.07) is 15.3. The Balaban J connectivity index is 1.43. The fraction of sp³-hybridized carbons (Fsp3) is 0.417. The number of benzene rings is 2. The summed E-state index contributed by atoms with van der Waals surface area (Å²) < 4.78 is 0. The summed E-state index contributed by atoms with van der Waals surface area (Å²) in [5.41, 5.74) is 2.52. The second kappa shape index (κ2) is 9.63. The second-order valence-corrected chi connectivity index (χ2v) is 8.45. The van der Waals surface area contributed by atoms with Gasteiger partial charge in [0.2, 0.25) is 5.91 Å². The van der Waals surface area contributed by atoms with Crippen molar-refractivity contribution < 1.29 is 9.59 Å². The van der Waals surface area contributed by atoms with Crippen LogP contribution in [0.5, 0.6) is 0 Å². The summed E-state index contributed by atoms with van der Waals surface area (Å²) in [4.78, 5) is 29.1. The van der Waals surface area contributed by atoms with Crippen molar-refractivity contribution >= 4 is 29.1 Å². The van der Waals surface area contributed by atoms with Gasteiger partial charge in [0, 0.05) is 35.8 Å². The second-order valence-electron chi connectivity index (χ2n) is 8.04. The average molecular weight is 426 g/mol. The molecule has 1 N–H and O–H groups in total. The maximum atomic E-state index is 12.8. The standard InChI is InChI=1S/C24H28ClN3O2/c25-21-8-2-1-7-20(21)22(27-14-5-6-15-27)17-26-24(30)18-10-12-19(13-11-18)28-16-4-3-9-23(28)29/h1-2,7-8,10-13,22H,3-6,9,14-17H2,(H,26,30). The first-order valence-electron chi connectivity index (χ1n) is 10.8. The SMILES string of the molecule is O=C(NCC(c1ccccc1Cl)N1CCCC1)c1ccc(N2CCCCC2=O)cc1. The quantitative estimate of drug-likeness (QED) is 0.745. The van der Waals surface area contributed by atoms with Gasteiger partial charge in [-0.2, -0.15) is 0 Å². The highest BCUT2D eigenvalue weighted by atomic mass is 35.5. The first kappa shape index (κ1) is 20.9. The van der Waals surface area contributed by atoms with Gasteiger partial charge in [-0.3, -0.25) is 14.5 Å². The van der Waals surface area contributed by atoms with Crippen molar-refractivity contribution in [1.82, 2.24) is 10.2 Å². The molecule has 6 heteroatoms. The Labute approximate surface area is 183 Å². The number of halogens is 1. The molecule has 0 spiro atoms. The fourth-order valence-electron chi connectivity index (χ4n) is 4.40. The molecule has 1 atom stereocenters. The lowest BCUT2D eigenvalue weighted by molar-refractivity contribution is -0.119. The van der Waals surface area contributed by atoms with Crippen LogP contribution in [0.25, 0.3) is 0 Å². The van der Waals surface area contributed by atoms with Crippen molar-refractivity contribution in [3.05, 3.63) is 64.7 Å². The van der Waals surface area contributed by atoms with Gasteiger partial charge in [0.1, 0.15) is 0 Å². The van der Waals surface area contributed by atoms with E-state index in [2.05, 4.69) is 10.2 Å². The van der Waals surface area contributed by atoms with Crippen molar-refractivity contribution in [3.8, 4) is 0 Å². The minimum absolute atomic E-state index is 0.0652. The van der Waals surface area contributed by atoms with Gasteiger partial charge < -0.3 is 10.2 Å². The van der Waals surface area contributed by atoms with Gasteiger partial charge in [0.25, 0.3) is 5.91 Å². The fourth-order valence-corrected chi connectivity index (χ4v) is 4.66. The Morgan fingerprint density at radius 2 is 1.67 bits per heavy atom. The third-order valence-electron chi connectivity index (χ3n) is 6.07. The molecule has 1 unspecified atom stereocenters. The molecule has 2 amide bonds. The molecule has 0 radical (unpaired) electrons. The lowest BCUT2D eigenvalue weighted by Crippen LogP contribution is -2.37. The molecule has 2 fully saturated rings. The summed E-state index contributed by atoms with van der Waals surface area (Å²) in [6.45, 7) is 3.29. The smallest absolute Gasteiger partial charge is 0.251 e. The Bertz CT molecular complexity index is 894. The minimum Gasteiger partial charge on any atom is -0.350 e. The highest BCUT2D eigenvalue weighted by molar-refractivity contribution is 6.31.